The topological polar surface area (TPSA) is 29.5 Å². The molecule has 0 saturated heterocycles. The Bertz CT molecular complexity index is 377. The second-order valence-electron chi connectivity index (χ2n) is 2.94. The van der Waals surface area contributed by atoms with Crippen LogP contribution in [0.1, 0.15) is 18.9 Å². The molecule has 0 unspecified atom stereocenters. The van der Waals surface area contributed by atoms with Gasteiger partial charge in [0.25, 0.3) is 0 Å². The molecule has 0 fully saturated rings. The van der Waals surface area contributed by atoms with Gasteiger partial charge in [-0.2, -0.15) is 0 Å². The van der Waals surface area contributed by atoms with Crippen LogP contribution in [0.3, 0.4) is 0 Å². The summed E-state index contributed by atoms with van der Waals surface area (Å²) in [7, 11) is 0. The molecule has 0 amide bonds. The minimum atomic E-state index is -0.0196. The first-order valence-corrected chi connectivity index (χ1v) is 5.49. The zero-order chi connectivity index (χ0) is 11.1. The molecule has 0 aliphatic carbocycles. The van der Waals surface area contributed by atoms with Gasteiger partial charge in [-0.3, -0.25) is 0 Å². The summed E-state index contributed by atoms with van der Waals surface area (Å²) in [6.07, 6.45) is 0.706. The number of hydrogen-bond donors (Lipinski definition) is 1. The van der Waals surface area contributed by atoms with E-state index in [0.717, 1.165) is 15.8 Å². The normalized spacial score (nSPS) is 9.27. The fourth-order valence-electron chi connectivity index (χ4n) is 1.15. The van der Waals surface area contributed by atoms with Crippen molar-refractivity contribution < 1.29 is 9.84 Å². The molecule has 0 bridgehead atoms. The fraction of sp³-hybridized carbons (Fsp3) is 0.333. The van der Waals surface area contributed by atoms with Crippen molar-refractivity contribution in [1.29, 1.82) is 0 Å². The quantitative estimate of drug-likeness (QED) is 0.672. The van der Waals surface area contributed by atoms with Crippen molar-refractivity contribution in [3.63, 3.8) is 0 Å². The highest BCUT2D eigenvalue weighted by atomic mass is 79.9. The van der Waals surface area contributed by atoms with E-state index in [1.54, 1.807) is 6.92 Å². The monoisotopic (exact) mass is 268 g/mol. The molecule has 0 radical (unpaired) electrons. The summed E-state index contributed by atoms with van der Waals surface area (Å²) in [4.78, 5) is 0. The molecule has 1 N–H and O–H groups in total. The number of aliphatic hydroxyl groups excluding tert-OH is 1. The highest BCUT2D eigenvalue weighted by Gasteiger charge is 2.02. The lowest BCUT2D eigenvalue weighted by Crippen LogP contribution is -1.99. The summed E-state index contributed by atoms with van der Waals surface area (Å²) in [5.74, 6) is 6.45. The van der Waals surface area contributed by atoms with Gasteiger partial charge in [-0.25, -0.2) is 0 Å². The van der Waals surface area contributed by atoms with Crippen LogP contribution in [0.5, 0.6) is 5.75 Å². The maximum absolute atomic E-state index is 9.12. The highest BCUT2D eigenvalue weighted by Crippen LogP contribution is 2.23. The Balaban J connectivity index is 2.62. The van der Waals surface area contributed by atoms with E-state index in [0.29, 0.717) is 13.0 Å². The Labute approximate surface area is 98.4 Å². The molecule has 3 heteroatoms. The maximum atomic E-state index is 9.12. The van der Waals surface area contributed by atoms with Crippen molar-refractivity contribution in [3.8, 4) is 17.6 Å². The number of halogens is 1. The van der Waals surface area contributed by atoms with Crippen molar-refractivity contribution in [3.05, 3.63) is 28.2 Å². The summed E-state index contributed by atoms with van der Waals surface area (Å²) < 4.78 is 6.44. The van der Waals surface area contributed by atoms with Gasteiger partial charge >= 0.3 is 0 Å². The summed E-state index contributed by atoms with van der Waals surface area (Å²) in [6, 6.07) is 5.58. The van der Waals surface area contributed by atoms with Crippen molar-refractivity contribution in [2.75, 3.05) is 6.61 Å². The molecular formula is C12H13BrO2. The third kappa shape index (κ3) is 3.94. The van der Waals surface area contributed by atoms with E-state index < -0.39 is 0 Å². The van der Waals surface area contributed by atoms with E-state index >= 15 is 0 Å². The molecule has 1 rings (SSSR count). The zero-order valence-electron chi connectivity index (χ0n) is 8.59. The Morgan fingerprint density at radius 2 is 2.27 bits per heavy atom. The van der Waals surface area contributed by atoms with Gasteiger partial charge in [0.1, 0.15) is 5.75 Å². The van der Waals surface area contributed by atoms with Crippen LogP contribution < -0.4 is 4.74 Å². The fourth-order valence-corrected chi connectivity index (χ4v) is 1.56. The van der Waals surface area contributed by atoms with Gasteiger partial charge < -0.3 is 9.84 Å². The highest BCUT2D eigenvalue weighted by molar-refractivity contribution is 9.10. The van der Waals surface area contributed by atoms with Gasteiger partial charge in [-0.1, -0.05) is 15.9 Å². The van der Waals surface area contributed by atoms with Gasteiger partial charge in [0.2, 0.25) is 0 Å². The van der Waals surface area contributed by atoms with Gasteiger partial charge in [0.05, 0.1) is 13.2 Å². The van der Waals surface area contributed by atoms with Gasteiger partial charge in [-0.05, 0) is 25.1 Å². The van der Waals surface area contributed by atoms with Crippen LogP contribution in [0, 0.1) is 11.8 Å². The molecule has 0 aliphatic heterocycles. The van der Waals surface area contributed by atoms with Crippen molar-refractivity contribution in [1.82, 2.24) is 0 Å². The lowest BCUT2D eigenvalue weighted by Gasteiger charge is -2.08. The first-order chi connectivity index (χ1) is 7.27. The third-order valence-electron chi connectivity index (χ3n) is 1.85. The van der Waals surface area contributed by atoms with Crippen molar-refractivity contribution in [2.24, 2.45) is 0 Å². The van der Waals surface area contributed by atoms with Crippen LogP contribution >= 0.6 is 15.9 Å². The van der Waals surface area contributed by atoms with Gasteiger partial charge in [0.15, 0.2) is 0 Å². The molecule has 1 aromatic rings. The van der Waals surface area contributed by atoms with E-state index in [9.17, 15) is 0 Å². The van der Waals surface area contributed by atoms with Crippen molar-refractivity contribution in [2.45, 2.75) is 20.0 Å². The van der Waals surface area contributed by atoms with E-state index in [1.165, 1.54) is 0 Å². The lowest BCUT2D eigenvalue weighted by atomic mass is 10.2. The van der Waals surface area contributed by atoms with E-state index in [-0.39, 0.29) is 6.61 Å². The number of ether oxygens (including phenoxy) is 1. The van der Waals surface area contributed by atoms with Crippen LogP contribution in [0.25, 0.3) is 0 Å². The number of rotatable bonds is 4. The molecule has 2 nitrogen and oxygen atoms in total. The van der Waals surface area contributed by atoms with Crippen LogP contribution in [0.4, 0.5) is 0 Å². The second kappa shape index (κ2) is 6.49. The van der Waals surface area contributed by atoms with E-state index in [2.05, 4.69) is 27.8 Å². The summed E-state index contributed by atoms with van der Waals surface area (Å²) >= 11 is 3.34. The molecular weight excluding hydrogens is 256 g/mol. The van der Waals surface area contributed by atoms with Crippen LogP contribution in [0.15, 0.2) is 22.7 Å². The second-order valence-corrected chi connectivity index (χ2v) is 3.85. The predicted molar refractivity (Wildman–Crippen MR) is 63.6 cm³/mol. The molecule has 0 heterocycles. The van der Waals surface area contributed by atoms with Gasteiger partial charge in [-0.15, -0.1) is 11.8 Å². The zero-order valence-corrected chi connectivity index (χ0v) is 10.2. The number of hydrogen-bond acceptors (Lipinski definition) is 2. The average Bonchev–Trinajstić information content (AvgIpc) is 2.26. The van der Waals surface area contributed by atoms with Crippen LogP contribution in [0.2, 0.25) is 0 Å². The smallest absolute Gasteiger partial charge is 0.124 e. The summed E-state index contributed by atoms with van der Waals surface area (Å²) in [5.41, 5.74) is 0.786. The predicted octanol–water partition coefficient (Wildman–Crippen LogP) is 2.73. The Morgan fingerprint density at radius 3 is 2.93 bits per heavy atom. The Morgan fingerprint density at radius 1 is 1.47 bits per heavy atom. The molecule has 0 spiro atoms. The minimum Gasteiger partial charge on any atom is -0.492 e. The first-order valence-electron chi connectivity index (χ1n) is 4.69. The van der Waals surface area contributed by atoms with E-state index in [4.69, 9.17) is 9.84 Å². The average molecular weight is 269 g/mol. The molecule has 15 heavy (non-hydrogen) atoms. The molecule has 80 valence electrons. The first kappa shape index (κ1) is 12.1. The Kier molecular flexibility index (Phi) is 5.23. The standard InChI is InChI=1S/C12H13BrO2/c1-2-3-4-7-15-12-6-5-11(13)8-10(12)9-14/h5-6,8,14H,4,7,9H2,1H3. The maximum Gasteiger partial charge on any atom is 0.124 e. The largest absolute Gasteiger partial charge is 0.492 e. The number of benzene rings is 1. The third-order valence-corrected chi connectivity index (χ3v) is 2.35. The molecule has 0 aliphatic rings. The van der Waals surface area contributed by atoms with Crippen LogP contribution in [-0.4, -0.2) is 11.7 Å². The van der Waals surface area contributed by atoms with Crippen molar-refractivity contribution >= 4 is 15.9 Å². The SMILES string of the molecule is CC#CCCOc1ccc(Br)cc1CO. The molecule has 1 aromatic carbocycles. The van der Waals surface area contributed by atoms with Crippen LogP contribution in [-0.2, 0) is 6.61 Å². The minimum absolute atomic E-state index is 0.0196. The molecule has 0 saturated carbocycles. The molecule has 0 atom stereocenters. The summed E-state index contributed by atoms with van der Waals surface area (Å²) in [6.45, 7) is 2.34. The Hall–Kier alpha value is -0.980. The lowest BCUT2D eigenvalue weighted by molar-refractivity contribution is 0.264. The number of aliphatic hydroxyl groups is 1. The van der Waals surface area contributed by atoms with E-state index in [1.807, 2.05) is 18.2 Å². The summed E-state index contributed by atoms with van der Waals surface area (Å²) in [5, 5.41) is 9.12. The molecule has 0 aromatic heterocycles. The van der Waals surface area contributed by atoms with Gasteiger partial charge in [0, 0.05) is 16.5 Å².